The van der Waals surface area contributed by atoms with E-state index in [1.807, 2.05) is 19.0 Å². The second kappa shape index (κ2) is 14.4. The highest BCUT2D eigenvalue weighted by atomic mass is 32.2. The molecular weight excluding hydrogens is 350 g/mol. The summed E-state index contributed by atoms with van der Waals surface area (Å²) >= 11 is 0. The molecule has 0 aliphatic rings. The minimum atomic E-state index is -3.93. The Morgan fingerprint density at radius 2 is 1.96 bits per heavy atom. The van der Waals surface area contributed by atoms with Crippen LogP contribution in [-0.2, 0) is 14.9 Å². The van der Waals surface area contributed by atoms with Crippen molar-refractivity contribution >= 4 is 10.1 Å². The summed E-state index contributed by atoms with van der Waals surface area (Å²) in [6.07, 6.45) is 9.70. The fourth-order valence-corrected chi connectivity index (χ4v) is 3.48. The van der Waals surface area contributed by atoms with Gasteiger partial charge in [-0.3, -0.25) is 9.45 Å². The average molecular weight is 390 g/mol. The molecule has 154 valence electrons. The van der Waals surface area contributed by atoms with Gasteiger partial charge >= 0.3 is 0 Å². The highest BCUT2D eigenvalue weighted by molar-refractivity contribution is 7.85. The Bertz CT molecular complexity index is 512. The van der Waals surface area contributed by atoms with Crippen LogP contribution in [-0.4, -0.2) is 51.1 Å². The number of allylic oxidation sites excluding steroid dienone is 2. The number of nitrogens with zero attached hydrogens (tertiary/aromatic N) is 1. The van der Waals surface area contributed by atoms with Crippen molar-refractivity contribution in [3.8, 4) is 0 Å². The standard InChI is InChI=1S/C20H39NO4S/c1-6-9-19(11-7-10-18(2)3)16-20(13-15-26(22,23)24)12-8-14-25-17-21(4)5/h12,19H,2,6-11,13-17H2,1,3-5H3,(H,22,23,24)/b20-12+. The summed E-state index contributed by atoms with van der Waals surface area (Å²) in [5, 5.41) is 0. The molecule has 1 unspecified atom stereocenters. The lowest BCUT2D eigenvalue weighted by Gasteiger charge is -2.18. The lowest BCUT2D eigenvalue weighted by Crippen LogP contribution is -2.16. The number of ether oxygens (including phenoxy) is 1. The van der Waals surface area contributed by atoms with Crippen LogP contribution in [0, 0.1) is 5.92 Å². The van der Waals surface area contributed by atoms with E-state index in [4.69, 9.17) is 9.29 Å². The molecule has 26 heavy (non-hydrogen) atoms. The first kappa shape index (κ1) is 25.3. The largest absolute Gasteiger partial charge is 0.366 e. The molecule has 1 N–H and O–H groups in total. The Balaban J connectivity index is 4.71. The molecule has 0 aromatic carbocycles. The van der Waals surface area contributed by atoms with Crippen LogP contribution in [0.3, 0.4) is 0 Å². The average Bonchev–Trinajstić information content (AvgIpc) is 2.50. The van der Waals surface area contributed by atoms with E-state index in [2.05, 4.69) is 26.5 Å². The van der Waals surface area contributed by atoms with Gasteiger partial charge in [-0.05, 0) is 65.5 Å². The minimum absolute atomic E-state index is 0.206. The van der Waals surface area contributed by atoms with Gasteiger partial charge in [-0.15, -0.1) is 6.58 Å². The fraction of sp³-hybridized carbons (Fsp3) is 0.800. The third-order valence-corrected chi connectivity index (χ3v) is 4.91. The van der Waals surface area contributed by atoms with Crippen molar-refractivity contribution < 1.29 is 17.7 Å². The van der Waals surface area contributed by atoms with Crippen molar-refractivity contribution in [2.24, 2.45) is 5.92 Å². The van der Waals surface area contributed by atoms with Crippen LogP contribution < -0.4 is 0 Å². The second-order valence-electron chi connectivity index (χ2n) is 7.51. The third-order valence-electron chi connectivity index (χ3n) is 4.19. The smallest absolute Gasteiger partial charge is 0.265 e. The lowest BCUT2D eigenvalue weighted by atomic mass is 9.88. The number of hydrogen-bond donors (Lipinski definition) is 1. The quantitative estimate of drug-likeness (QED) is 0.180. The first-order chi connectivity index (χ1) is 12.1. The molecule has 0 aromatic rings. The maximum Gasteiger partial charge on any atom is 0.265 e. The maximum atomic E-state index is 11.1. The molecule has 0 bridgehead atoms. The van der Waals surface area contributed by atoms with Gasteiger partial charge in [0, 0.05) is 0 Å². The summed E-state index contributed by atoms with van der Waals surface area (Å²) in [5.74, 6) is 0.344. The predicted molar refractivity (Wildman–Crippen MR) is 110 cm³/mol. The molecular formula is C20H39NO4S. The van der Waals surface area contributed by atoms with Crippen LogP contribution in [0.25, 0.3) is 0 Å². The zero-order valence-electron chi connectivity index (χ0n) is 17.2. The summed E-state index contributed by atoms with van der Waals surface area (Å²) < 4.78 is 36.9. The van der Waals surface area contributed by atoms with E-state index in [9.17, 15) is 8.42 Å². The monoisotopic (exact) mass is 389 g/mol. The molecule has 0 saturated carbocycles. The molecule has 0 radical (unpaired) electrons. The van der Waals surface area contributed by atoms with Crippen LogP contribution >= 0.6 is 0 Å². The van der Waals surface area contributed by atoms with Gasteiger partial charge in [-0.1, -0.05) is 37.0 Å². The SMILES string of the molecule is C=C(C)CCCC(CCC)C/C(=C/CCOCN(C)C)CCS(=O)(=O)O. The molecule has 0 aromatic heterocycles. The molecule has 0 spiro atoms. The number of hydrogen-bond acceptors (Lipinski definition) is 4. The van der Waals surface area contributed by atoms with Gasteiger partial charge in [0.05, 0.1) is 19.1 Å². The lowest BCUT2D eigenvalue weighted by molar-refractivity contribution is 0.0591. The highest BCUT2D eigenvalue weighted by Crippen LogP contribution is 2.26. The Kier molecular flexibility index (Phi) is 14.0. The Labute approximate surface area is 161 Å². The van der Waals surface area contributed by atoms with Crippen LogP contribution in [0.2, 0.25) is 0 Å². The van der Waals surface area contributed by atoms with E-state index in [1.165, 1.54) is 5.57 Å². The molecule has 0 aliphatic carbocycles. The van der Waals surface area contributed by atoms with Crippen molar-refractivity contribution in [1.29, 1.82) is 0 Å². The summed E-state index contributed by atoms with van der Waals surface area (Å²) in [4.78, 5) is 1.96. The molecule has 0 heterocycles. The van der Waals surface area contributed by atoms with Crippen molar-refractivity contribution in [3.05, 3.63) is 23.8 Å². The number of rotatable bonds is 16. The zero-order chi connectivity index (χ0) is 20.0. The summed E-state index contributed by atoms with van der Waals surface area (Å²) in [5.41, 5.74) is 2.32. The van der Waals surface area contributed by atoms with Gasteiger partial charge in [-0.25, -0.2) is 0 Å². The van der Waals surface area contributed by atoms with E-state index < -0.39 is 10.1 Å². The van der Waals surface area contributed by atoms with Crippen molar-refractivity contribution in [1.82, 2.24) is 4.90 Å². The minimum Gasteiger partial charge on any atom is -0.366 e. The molecule has 1 atom stereocenters. The molecule has 6 heteroatoms. The topological polar surface area (TPSA) is 66.8 Å². The van der Waals surface area contributed by atoms with Crippen LogP contribution in [0.5, 0.6) is 0 Å². The summed E-state index contributed by atoms with van der Waals surface area (Å²) in [7, 11) is -0.0282. The normalized spacial score (nSPS) is 14.0. The maximum absolute atomic E-state index is 11.1. The van der Waals surface area contributed by atoms with Crippen molar-refractivity contribution in [3.63, 3.8) is 0 Å². The van der Waals surface area contributed by atoms with Crippen LogP contribution in [0.4, 0.5) is 0 Å². The third kappa shape index (κ3) is 16.8. The fourth-order valence-electron chi connectivity index (χ4n) is 2.96. The summed E-state index contributed by atoms with van der Waals surface area (Å²) in [6, 6.07) is 0. The van der Waals surface area contributed by atoms with E-state index in [1.54, 1.807) is 0 Å². The van der Waals surface area contributed by atoms with E-state index >= 15 is 0 Å². The second-order valence-corrected chi connectivity index (χ2v) is 9.08. The molecule has 5 nitrogen and oxygen atoms in total. The van der Waals surface area contributed by atoms with E-state index in [0.29, 0.717) is 25.7 Å². The molecule has 0 amide bonds. The van der Waals surface area contributed by atoms with Crippen molar-refractivity contribution in [2.45, 2.75) is 65.2 Å². The Hall–Kier alpha value is -0.690. The Morgan fingerprint density at radius 1 is 1.27 bits per heavy atom. The van der Waals surface area contributed by atoms with Gasteiger partial charge in [-0.2, -0.15) is 8.42 Å². The van der Waals surface area contributed by atoms with Crippen LogP contribution in [0.15, 0.2) is 23.8 Å². The van der Waals surface area contributed by atoms with Crippen molar-refractivity contribution in [2.75, 3.05) is 33.2 Å². The molecule has 0 saturated heterocycles. The molecule has 0 aliphatic heterocycles. The summed E-state index contributed by atoms with van der Waals surface area (Å²) in [6.45, 7) is 9.39. The van der Waals surface area contributed by atoms with Gasteiger partial charge in [0.2, 0.25) is 0 Å². The van der Waals surface area contributed by atoms with E-state index in [0.717, 1.165) is 50.5 Å². The highest BCUT2D eigenvalue weighted by Gasteiger charge is 2.13. The molecule has 0 rings (SSSR count). The van der Waals surface area contributed by atoms with Gasteiger partial charge in [0.25, 0.3) is 10.1 Å². The predicted octanol–water partition coefficient (Wildman–Crippen LogP) is 4.67. The van der Waals surface area contributed by atoms with E-state index in [-0.39, 0.29) is 5.75 Å². The van der Waals surface area contributed by atoms with Crippen LogP contribution in [0.1, 0.15) is 65.2 Å². The van der Waals surface area contributed by atoms with Gasteiger partial charge in [0.1, 0.15) is 0 Å². The zero-order valence-corrected chi connectivity index (χ0v) is 18.0. The first-order valence-electron chi connectivity index (χ1n) is 9.64. The first-order valence-corrected chi connectivity index (χ1v) is 11.2. The molecule has 0 fully saturated rings. The Morgan fingerprint density at radius 3 is 2.50 bits per heavy atom. The van der Waals surface area contributed by atoms with Gasteiger partial charge in [0.15, 0.2) is 0 Å². The van der Waals surface area contributed by atoms with Gasteiger partial charge < -0.3 is 4.74 Å².